The number of hydrogen-bond donors (Lipinski definition) is 0. The van der Waals surface area contributed by atoms with Crippen molar-refractivity contribution in [2.45, 2.75) is 46.4 Å². The largest absolute Gasteiger partial charge is 0.494 e. The maximum atomic E-state index is 13.9. The lowest BCUT2D eigenvalue weighted by atomic mass is 9.96. The zero-order valence-electron chi connectivity index (χ0n) is 23.8. The van der Waals surface area contributed by atoms with Gasteiger partial charge in [0, 0.05) is 10.6 Å². The number of hydrogen-bond acceptors (Lipinski definition) is 7. The number of nitrogens with zero attached hydrogens (tertiary/aromatic N) is 2. The van der Waals surface area contributed by atoms with Crippen molar-refractivity contribution in [1.29, 1.82) is 0 Å². The first kappa shape index (κ1) is 29.4. The Labute approximate surface area is 253 Å². The molecule has 0 bridgehead atoms. The van der Waals surface area contributed by atoms with Crippen molar-refractivity contribution in [2.75, 3.05) is 6.61 Å². The molecule has 0 spiro atoms. The van der Waals surface area contributed by atoms with Gasteiger partial charge in [-0.2, -0.15) is 0 Å². The third-order valence-electron chi connectivity index (χ3n) is 6.60. The van der Waals surface area contributed by atoms with Gasteiger partial charge in [-0.1, -0.05) is 65.4 Å². The first-order chi connectivity index (χ1) is 20.2. The summed E-state index contributed by atoms with van der Waals surface area (Å²) in [7, 11) is 0. The van der Waals surface area contributed by atoms with Crippen LogP contribution in [0.5, 0.6) is 11.5 Å². The van der Waals surface area contributed by atoms with E-state index in [9.17, 15) is 9.59 Å². The summed E-state index contributed by atoms with van der Waals surface area (Å²) in [5.74, 6) is 0.860. The van der Waals surface area contributed by atoms with Crippen molar-refractivity contribution in [3.63, 3.8) is 0 Å². The Hall–Kier alpha value is -4.14. The predicted molar refractivity (Wildman–Crippen MR) is 165 cm³/mol. The molecule has 0 amide bonds. The number of esters is 1. The summed E-state index contributed by atoms with van der Waals surface area (Å²) in [6.07, 6.45) is 1.49. The minimum absolute atomic E-state index is 0.248. The number of benzene rings is 3. The Morgan fingerprint density at radius 1 is 1.05 bits per heavy atom. The van der Waals surface area contributed by atoms with Crippen LogP contribution in [0.3, 0.4) is 0 Å². The molecule has 0 unspecified atom stereocenters. The second-order valence-electron chi connectivity index (χ2n) is 9.99. The topological polar surface area (TPSA) is 79.1 Å². The van der Waals surface area contributed by atoms with Crippen molar-refractivity contribution in [3.8, 4) is 11.5 Å². The van der Waals surface area contributed by atoms with Gasteiger partial charge in [0.1, 0.15) is 18.1 Å². The molecular weight excluding hydrogens is 572 g/mol. The molecular formula is C33H31ClN2O5S. The summed E-state index contributed by atoms with van der Waals surface area (Å²) < 4.78 is 19.2. The van der Waals surface area contributed by atoms with Crippen LogP contribution in [-0.2, 0) is 16.1 Å². The second-order valence-corrected chi connectivity index (χ2v) is 11.4. The number of fused-ring (bicyclic) bond motifs is 1. The molecule has 2 heterocycles. The summed E-state index contributed by atoms with van der Waals surface area (Å²) in [6, 6.07) is 21.8. The second kappa shape index (κ2) is 12.8. The highest BCUT2D eigenvalue weighted by molar-refractivity contribution is 7.07. The molecule has 0 fully saturated rings. The molecule has 1 atom stereocenters. The molecule has 0 saturated heterocycles. The van der Waals surface area contributed by atoms with E-state index in [4.69, 9.17) is 25.8 Å². The van der Waals surface area contributed by atoms with E-state index in [1.54, 1.807) is 25.3 Å². The van der Waals surface area contributed by atoms with E-state index in [1.165, 1.54) is 11.3 Å². The van der Waals surface area contributed by atoms with E-state index in [2.05, 4.69) is 4.99 Å². The number of ether oxygens (including phenoxy) is 3. The quantitative estimate of drug-likeness (QED) is 0.226. The van der Waals surface area contributed by atoms with Crippen LogP contribution in [0.15, 0.2) is 93.9 Å². The van der Waals surface area contributed by atoms with Crippen molar-refractivity contribution in [3.05, 3.63) is 125 Å². The van der Waals surface area contributed by atoms with Crippen LogP contribution >= 0.6 is 22.9 Å². The van der Waals surface area contributed by atoms with Gasteiger partial charge < -0.3 is 14.2 Å². The molecule has 1 aromatic heterocycles. The fourth-order valence-electron chi connectivity index (χ4n) is 4.71. The number of rotatable bonds is 9. The van der Waals surface area contributed by atoms with Crippen LogP contribution in [0, 0.1) is 0 Å². The minimum atomic E-state index is -0.699. The average Bonchev–Trinajstić information content (AvgIpc) is 3.26. The first-order valence-electron chi connectivity index (χ1n) is 13.7. The van der Waals surface area contributed by atoms with Gasteiger partial charge in [0.15, 0.2) is 4.80 Å². The van der Waals surface area contributed by atoms with E-state index in [-0.39, 0.29) is 11.7 Å². The van der Waals surface area contributed by atoms with Gasteiger partial charge >= 0.3 is 5.97 Å². The lowest BCUT2D eigenvalue weighted by molar-refractivity contribution is -0.143. The van der Waals surface area contributed by atoms with Gasteiger partial charge in [-0.15, -0.1) is 0 Å². The van der Waals surface area contributed by atoms with Gasteiger partial charge in [0.2, 0.25) is 0 Å². The highest BCUT2D eigenvalue weighted by Crippen LogP contribution is 2.32. The van der Waals surface area contributed by atoms with Crippen molar-refractivity contribution >= 4 is 35.0 Å². The Morgan fingerprint density at radius 3 is 2.52 bits per heavy atom. The molecule has 1 aliphatic rings. The van der Waals surface area contributed by atoms with E-state index in [1.807, 2.05) is 85.8 Å². The lowest BCUT2D eigenvalue weighted by Crippen LogP contribution is -2.40. The number of halogens is 1. The zero-order valence-corrected chi connectivity index (χ0v) is 25.4. The highest BCUT2D eigenvalue weighted by Gasteiger charge is 2.33. The summed E-state index contributed by atoms with van der Waals surface area (Å²) in [5, 5.41) is 0.642. The third kappa shape index (κ3) is 6.35. The third-order valence-corrected chi connectivity index (χ3v) is 7.95. The molecule has 216 valence electrons. The fourth-order valence-corrected chi connectivity index (χ4v) is 5.95. The zero-order chi connectivity index (χ0) is 29.8. The maximum Gasteiger partial charge on any atom is 0.338 e. The van der Waals surface area contributed by atoms with Crippen molar-refractivity contribution in [2.24, 2.45) is 4.99 Å². The molecule has 5 rings (SSSR count). The van der Waals surface area contributed by atoms with Crippen LogP contribution in [0.25, 0.3) is 6.08 Å². The number of aromatic nitrogens is 1. The average molecular weight is 603 g/mol. The smallest absolute Gasteiger partial charge is 0.338 e. The number of carbonyl (C=O) groups excluding carboxylic acids is 1. The van der Waals surface area contributed by atoms with Gasteiger partial charge in [0.05, 0.1) is 34.6 Å². The molecule has 7 nitrogen and oxygen atoms in total. The number of carbonyl (C=O) groups is 1. The van der Waals surface area contributed by atoms with Gasteiger partial charge in [-0.3, -0.25) is 9.36 Å². The Balaban J connectivity index is 1.54. The van der Waals surface area contributed by atoms with Crippen LogP contribution in [-0.4, -0.2) is 23.2 Å². The van der Waals surface area contributed by atoms with Crippen molar-refractivity contribution < 1.29 is 19.0 Å². The number of allylic oxidation sites excluding steroid dienone is 1. The van der Waals surface area contributed by atoms with E-state index in [0.29, 0.717) is 50.3 Å². The Bertz CT molecular complexity index is 1820. The molecule has 0 radical (unpaired) electrons. The van der Waals surface area contributed by atoms with Gasteiger partial charge in [-0.25, -0.2) is 9.79 Å². The molecule has 9 heteroatoms. The van der Waals surface area contributed by atoms with Crippen LogP contribution < -0.4 is 24.4 Å². The predicted octanol–water partition coefficient (Wildman–Crippen LogP) is 5.82. The summed E-state index contributed by atoms with van der Waals surface area (Å²) >= 11 is 7.54. The van der Waals surface area contributed by atoms with E-state index in [0.717, 1.165) is 16.7 Å². The Morgan fingerprint density at radius 2 is 1.81 bits per heavy atom. The highest BCUT2D eigenvalue weighted by atomic mass is 35.5. The number of thiazole rings is 1. The monoisotopic (exact) mass is 602 g/mol. The Kier molecular flexibility index (Phi) is 8.94. The molecule has 0 saturated carbocycles. The summed E-state index contributed by atoms with van der Waals surface area (Å²) in [5.41, 5.74) is 3.04. The summed E-state index contributed by atoms with van der Waals surface area (Å²) in [4.78, 5) is 32.4. The molecule has 42 heavy (non-hydrogen) atoms. The fraction of sp³-hybridized carbons (Fsp3) is 0.242. The van der Waals surface area contributed by atoms with E-state index < -0.39 is 12.0 Å². The molecule has 4 aromatic rings. The van der Waals surface area contributed by atoms with Gasteiger partial charge in [-0.05, 0) is 75.2 Å². The normalized spacial score (nSPS) is 14.9. The SMILES string of the molecule is CCOc1ccc([C@H]2C(C(=O)OC(C)C)=C(C)N=c3s/c(=C/c4cccc(OCc5ccccc5Cl)c4)c(=O)n32)cc1. The maximum absolute atomic E-state index is 13.9. The standard InChI is InChI=1S/C33H31ClN2O5S/c1-5-39-25-15-13-23(14-16-25)30-29(32(38)41-20(2)3)21(4)35-33-36(30)31(37)28(42-33)18-22-9-8-11-26(17-22)40-19-24-10-6-7-12-27(24)34/h6-18,20,30H,5,19H2,1-4H3/b28-18+/t30-/m0/s1. The molecule has 3 aromatic carbocycles. The first-order valence-corrected chi connectivity index (χ1v) is 14.9. The van der Waals surface area contributed by atoms with Crippen LogP contribution in [0.2, 0.25) is 5.02 Å². The summed E-state index contributed by atoms with van der Waals surface area (Å²) in [6.45, 7) is 8.13. The minimum Gasteiger partial charge on any atom is -0.494 e. The molecule has 0 aliphatic carbocycles. The van der Waals surface area contributed by atoms with E-state index >= 15 is 0 Å². The van der Waals surface area contributed by atoms with Gasteiger partial charge in [0.25, 0.3) is 5.56 Å². The van der Waals surface area contributed by atoms with Crippen LogP contribution in [0.4, 0.5) is 0 Å². The molecule has 0 N–H and O–H groups in total. The lowest BCUT2D eigenvalue weighted by Gasteiger charge is -2.25. The molecule has 1 aliphatic heterocycles. The van der Waals surface area contributed by atoms with Crippen molar-refractivity contribution in [1.82, 2.24) is 4.57 Å². The van der Waals surface area contributed by atoms with Crippen LogP contribution in [0.1, 0.15) is 50.4 Å².